The molecule has 11 heteroatoms. The molecule has 8 nitrogen and oxygen atoms in total. The lowest BCUT2D eigenvalue weighted by molar-refractivity contribution is -0.274. The van der Waals surface area contributed by atoms with Gasteiger partial charge in [-0.05, 0) is 32.9 Å². The largest absolute Gasteiger partial charge is 0.573 e. The van der Waals surface area contributed by atoms with Crippen LogP contribution < -0.4 is 9.64 Å². The van der Waals surface area contributed by atoms with Crippen molar-refractivity contribution in [3.63, 3.8) is 0 Å². The first-order chi connectivity index (χ1) is 13.7. The molecule has 0 aromatic heterocycles. The SMILES string of the molecule is CC(=O)O[C@]1(CC(=O)OC(C)(C)C)OCCN(c2cccc(OC(F)(F)F)c2)C1=O. The van der Waals surface area contributed by atoms with Gasteiger partial charge in [-0.15, -0.1) is 13.2 Å². The van der Waals surface area contributed by atoms with Crippen molar-refractivity contribution in [2.24, 2.45) is 0 Å². The summed E-state index contributed by atoms with van der Waals surface area (Å²) in [5.74, 6) is -5.51. The van der Waals surface area contributed by atoms with Gasteiger partial charge in [0, 0.05) is 25.2 Å². The van der Waals surface area contributed by atoms with E-state index >= 15 is 0 Å². The second-order valence-electron chi connectivity index (χ2n) is 7.46. The maximum absolute atomic E-state index is 13.1. The molecule has 30 heavy (non-hydrogen) atoms. The fraction of sp³-hybridized carbons (Fsp3) is 0.526. The van der Waals surface area contributed by atoms with Gasteiger partial charge in [-0.2, -0.15) is 0 Å². The van der Waals surface area contributed by atoms with E-state index in [0.29, 0.717) is 0 Å². The minimum absolute atomic E-state index is 0.0470. The molecule has 0 N–H and O–H groups in total. The minimum Gasteiger partial charge on any atom is -0.460 e. The zero-order chi connectivity index (χ0) is 22.7. The van der Waals surface area contributed by atoms with Crippen molar-refractivity contribution in [2.75, 3.05) is 18.1 Å². The lowest BCUT2D eigenvalue weighted by Gasteiger charge is -2.40. The third kappa shape index (κ3) is 6.34. The highest BCUT2D eigenvalue weighted by molar-refractivity contribution is 6.02. The maximum Gasteiger partial charge on any atom is 0.573 e. The molecular weight excluding hydrogens is 411 g/mol. The molecule has 0 saturated carbocycles. The van der Waals surface area contributed by atoms with E-state index in [0.717, 1.165) is 24.0 Å². The van der Waals surface area contributed by atoms with E-state index in [2.05, 4.69) is 4.74 Å². The summed E-state index contributed by atoms with van der Waals surface area (Å²) in [5, 5.41) is 0. The van der Waals surface area contributed by atoms with Gasteiger partial charge in [0.25, 0.3) is 0 Å². The first-order valence-corrected chi connectivity index (χ1v) is 8.94. The molecule has 1 fully saturated rings. The number of ether oxygens (including phenoxy) is 4. The zero-order valence-corrected chi connectivity index (χ0v) is 16.9. The topological polar surface area (TPSA) is 91.4 Å². The van der Waals surface area contributed by atoms with Crippen LogP contribution in [-0.4, -0.2) is 48.7 Å². The first kappa shape index (κ1) is 23.5. The van der Waals surface area contributed by atoms with E-state index in [1.165, 1.54) is 12.1 Å². The van der Waals surface area contributed by atoms with Crippen LogP contribution in [0.15, 0.2) is 24.3 Å². The number of anilines is 1. The van der Waals surface area contributed by atoms with Crippen LogP contribution in [0, 0.1) is 0 Å². The number of nitrogens with zero attached hydrogens (tertiary/aromatic N) is 1. The van der Waals surface area contributed by atoms with E-state index in [9.17, 15) is 27.6 Å². The summed E-state index contributed by atoms with van der Waals surface area (Å²) in [7, 11) is 0. The number of hydrogen-bond donors (Lipinski definition) is 0. The van der Waals surface area contributed by atoms with E-state index in [1.54, 1.807) is 20.8 Å². The molecule has 1 heterocycles. The van der Waals surface area contributed by atoms with E-state index < -0.39 is 47.8 Å². The third-order valence-electron chi connectivity index (χ3n) is 3.69. The molecule has 166 valence electrons. The Kier molecular flexibility index (Phi) is 6.65. The van der Waals surface area contributed by atoms with Crippen LogP contribution in [0.5, 0.6) is 5.75 Å². The first-order valence-electron chi connectivity index (χ1n) is 8.94. The molecule has 0 unspecified atom stereocenters. The summed E-state index contributed by atoms with van der Waals surface area (Å²) in [5.41, 5.74) is -0.819. The molecule has 1 saturated heterocycles. The van der Waals surface area contributed by atoms with Gasteiger partial charge in [0.2, 0.25) is 0 Å². The standard InChI is InChI=1S/C19H22F3NO7/c1-12(24)28-18(11-15(25)30-17(2,3)4)16(26)23(8-9-27-18)13-6-5-7-14(10-13)29-19(20,21)22/h5-7,10H,8-9,11H2,1-4H3/t18-/m0/s1. The smallest absolute Gasteiger partial charge is 0.460 e. The number of benzene rings is 1. The summed E-state index contributed by atoms with van der Waals surface area (Å²) in [4.78, 5) is 38.1. The molecule has 1 aromatic carbocycles. The van der Waals surface area contributed by atoms with Crippen molar-refractivity contribution in [3.05, 3.63) is 24.3 Å². The Morgan fingerprint density at radius 1 is 1.23 bits per heavy atom. The number of halogens is 3. The van der Waals surface area contributed by atoms with Crippen LogP contribution in [0.3, 0.4) is 0 Å². The second kappa shape index (κ2) is 8.50. The number of hydrogen-bond acceptors (Lipinski definition) is 7. The Morgan fingerprint density at radius 3 is 2.47 bits per heavy atom. The van der Waals surface area contributed by atoms with E-state index in [4.69, 9.17) is 14.2 Å². The quantitative estimate of drug-likeness (QED) is 0.660. The predicted octanol–water partition coefficient (Wildman–Crippen LogP) is 2.94. The minimum atomic E-state index is -4.91. The summed E-state index contributed by atoms with van der Waals surface area (Å²) in [6.07, 6.45) is -5.64. The number of amides is 1. The van der Waals surface area contributed by atoms with Gasteiger partial charge in [-0.1, -0.05) is 6.07 Å². The molecule has 1 aromatic rings. The number of carbonyl (C=O) groups is 3. The fourth-order valence-electron chi connectivity index (χ4n) is 2.80. The molecule has 0 bridgehead atoms. The third-order valence-corrected chi connectivity index (χ3v) is 3.69. The van der Waals surface area contributed by atoms with Crippen molar-refractivity contribution in [3.8, 4) is 5.75 Å². The van der Waals surface area contributed by atoms with Crippen molar-refractivity contribution in [1.29, 1.82) is 0 Å². The lowest BCUT2D eigenvalue weighted by Crippen LogP contribution is -2.60. The van der Waals surface area contributed by atoms with Gasteiger partial charge in [0.15, 0.2) is 0 Å². The summed E-state index contributed by atoms with van der Waals surface area (Å²) < 4.78 is 57.0. The average Bonchev–Trinajstić information content (AvgIpc) is 2.53. The molecule has 1 amide bonds. The number of esters is 2. The molecule has 1 aliphatic rings. The van der Waals surface area contributed by atoms with Crippen LogP contribution in [-0.2, 0) is 28.6 Å². The number of alkyl halides is 3. The van der Waals surface area contributed by atoms with Gasteiger partial charge < -0.3 is 23.8 Å². The van der Waals surface area contributed by atoms with Gasteiger partial charge in [0.05, 0.1) is 6.61 Å². The molecular formula is C19H22F3NO7. The highest BCUT2D eigenvalue weighted by Gasteiger charge is 2.52. The van der Waals surface area contributed by atoms with Crippen molar-refractivity contribution >= 4 is 23.5 Å². The molecule has 0 spiro atoms. The number of rotatable bonds is 5. The Bertz CT molecular complexity index is 819. The molecule has 1 aliphatic heterocycles. The monoisotopic (exact) mass is 433 g/mol. The summed E-state index contributed by atoms with van der Waals surface area (Å²) in [6, 6.07) is 4.71. The van der Waals surface area contributed by atoms with Crippen molar-refractivity contribution in [2.45, 2.75) is 51.9 Å². The Hall–Kier alpha value is -2.82. The van der Waals surface area contributed by atoms with Crippen molar-refractivity contribution < 1.29 is 46.5 Å². The van der Waals surface area contributed by atoms with Gasteiger partial charge >= 0.3 is 30.0 Å². The number of morpholine rings is 1. The van der Waals surface area contributed by atoms with Gasteiger partial charge in [-0.3, -0.25) is 14.4 Å². The normalized spacial score (nSPS) is 20.0. The maximum atomic E-state index is 13.1. The second-order valence-corrected chi connectivity index (χ2v) is 7.46. The predicted molar refractivity (Wildman–Crippen MR) is 96.4 cm³/mol. The Labute approximate surface area is 170 Å². The van der Waals surface area contributed by atoms with Crippen LogP contribution in [0.1, 0.15) is 34.1 Å². The van der Waals surface area contributed by atoms with Gasteiger partial charge in [0.1, 0.15) is 17.8 Å². The Balaban J connectivity index is 2.34. The van der Waals surface area contributed by atoms with Crippen LogP contribution in [0.4, 0.5) is 18.9 Å². The van der Waals surface area contributed by atoms with Crippen molar-refractivity contribution in [1.82, 2.24) is 0 Å². The number of carbonyl (C=O) groups excluding carboxylic acids is 3. The molecule has 0 radical (unpaired) electrons. The van der Waals surface area contributed by atoms with E-state index in [1.807, 2.05) is 0 Å². The summed E-state index contributed by atoms with van der Waals surface area (Å²) in [6.45, 7) is 5.68. The highest BCUT2D eigenvalue weighted by atomic mass is 19.4. The average molecular weight is 433 g/mol. The summed E-state index contributed by atoms with van der Waals surface area (Å²) >= 11 is 0. The highest BCUT2D eigenvalue weighted by Crippen LogP contribution is 2.33. The Morgan fingerprint density at radius 2 is 1.90 bits per heavy atom. The zero-order valence-electron chi connectivity index (χ0n) is 16.9. The van der Waals surface area contributed by atoms with Gasteiger partial charge in [-0.25, -0.2) is 0 Å². The van der Waals surface area contributed by atoms with Crippen LogP contribution in [0.25, 0.3) is 0 Å². The fourth-order valence-corrected chi connectivity index (χ4v) is 2.80. The van der Waals surface area contributed by atoms with Crippen LogP contribution >= 0.6 is 0 Å². The molecule has 1 atom stereocenters. The lowest BCUT2D eigenvalue weighted by atomic mass is 10.1. The molecule has 0 aliphatic carbocycles. The van der Waals surface area contributed by atoms with E-state index in [-0.39, 0.29) is 18.8 Å². The molecule has 2 rings (SSSR count). The van der Waals surface area contributed by atoms with Crippen LogP contribution in [0.2, 0.25) is 0 Å².